The summed E-state index contributed by atoms with van der Waals surface area (Å²) in [6, 6.07) is 5.81. The number of amides is 1. The van der Waals surface area contributed by atoms with Crippen molar-refractivity contribution in [3.8, 4) is 5.75 Å². The Kier molecular flexibility index (Phi) is 2.62. The fraction of sp³-hybridized carbons (Fsp3) is 0.417. The maximum atomic E-state index is 10.9. The van der Waals surface area contributed by atoms with Gasteiger partial charge in [-0.2, -0.15) is 0 Å². The van der Waals surface area contributed by atoms with Gasteiger partial charge >= 0.3 is 0 Å². The third-order valence-electron chi connectivity index (χ3n) is 2.86. The van der Waals surface area contributed by atoms with Gasteiger partial charge in [0, 0.05) is 13.0 Å². The fourth-order valence-electron chi connectivity index (χ4n) is 2.20. The monoisotopic (exact) mass is 205 g/mol. The standard InChI is InChI=1S/C12H15NO2/c1-8(14)13-10-5-6-11-9(7-10)3-2-4-12(11)15/h2-4,10,15H,5-7H2,1H3,(H,13,14). The number of carbonyl (C=O) groups is 1. The van der Waals surface area contributed by atoms with Crippen molar-refractivity contribution in [1.82, 2.24) is 5.32 Å². The topological polar surface area (TPSA) is 49.3 Å². The summed E-state index contributed by atoms with van der Waals surface area (Å²) in [6.07, 6.45) is 2.57. The number of fused-ring (bicyclic) bond motifs is 1. The van der Waals surface area contributed by atoms with Crippen molar-refractivity contribution in [2.24, 2.45) is 0 Å². The van der Waals surface area contributed by atoms with Crippen LogP contribution < -0.4 is 5.32 Å². The SMILES string of the molecule is CC(=O)NC1CCc2c(O)cccc2C1. The van der Waals surface area contributed by atoms with Crippen molar-refractivity contribution in [1.29, 1.82) is 0 Å². The molecular weight excluding hydrogens is 190 g/mol. The number of nitrogens with one attached hydrogen (secondary N) is 1. The molecule has 1 unspecified atom stereocenters. The molecule has 15 heavy (non-hydrogen) atoms. The molecule has 1 amide bonds. The molecule has 1 aromatic rings. The number of benzene rings is 1. The van der Waals surface area contributed by atoms with Crippen LogP contribution in [0.5, 0.6) is 5.75 Å². The van der Waals surface area contributed by atoms with Crippen molar-refractivity contribution in [2.45, 2.75) is 32.2 Å². The van der Waals surface area contributed by atoms with E-state index in [1.807, 2.05) is 12.1 Å². The van der Waals surface area contributed by atoms with E-state index in [-0.39, 0.29) is 11.9 Å². The molecule has 1 aliphatic rings. The highest BCUT2D eigenvalue weighted by molar-refractivity contribution is 5.73. The van der Waals surface area contributed by atoms with Crippen LogP contribution in [-0.4, -0.2) is 17.1 Å². The van der Waals surface area contributed by atoms with E-state index in [0.717, 1.165) is 30.4 Å². The van der Waals surface area contributed by atoms with E-state index in [2.05, 4.69) is 5.32 Å². The summed E-state index contributed by atoms with van der Waals surface area (Å²) >= 11 is 0. The molecule has 0 aromatic heterocycles. The molecule has 0 aliphatic heterocycles. The van der Waals surface area contributed by atoms with Crippen LogP contribution in [0.2, 0.25) is 0 Å². The van der Waals surface area contributed by atoms with Gasteiger partial charge in [-0.05, 0) is 36.5 Å². The van der Waals surface area contributed by atoms with Crippen molar-refractivity contribution in [2.75, 3.05) is 0 Å². The molecule has 0 saturated carbocycles. The first kappa shape index (κ1) is 10.0. The van der Waals surface area contributed by atoms with Crippen LogP contribution in [0.25, 0.3) is 0 Å². The summed E-state index contributed by atoms with van der Waals surface area (Å²) in [7, 11) is 0. The minimum absolute atomic E-state index is 0.0172. The first-order valence-corrected chi connectivity index (χ1v) is 5.23. The summed E-state index contributed by atoms with van der Waals surface area (Å²) in [4.78, 5) is 10.9. The van der Waals surface area contributed by atoms with Gasteiger partial charge in [-0.1, -0.05) is 12.1 Å². The lowest BCUT2D eigenvalue weighted by Gasteiger charge is -2.25. The highest BCUT2D eigenvalue weighted by atomic mass is 16.3. The van der Waals surface area contributed by atoms with Crippen LogP contribution in [0.3, 0.4) is 0 Å². The van der Waals surface area contributed by atoms with Gasteiger partial charge in [-0.25, -0.2) is 0 Å². The van der Waals surface area contributed by atoms with E-state index >= 15 is 0 Å². The molecule has 0 bridgehead atoms. The molecule has 1 aliphatic carbocycles. The Morgan fingerprint density at radius 3 is 3.07 bits per heavy atom. The number of hydrogen-bond donors (Lipinski definition) is 2. The average Bonchev–Trinajstić information content (AvgIpc) is 2.17. The Balaban J connectivity index is 2.17. The van der Waals surface area contributed by atoms with E-state index in [1.165, 1.54) is 6.92 Å². The molecule has 1 atom stereocenters. The van der Waals surface area contributed by atoms with E-state index < -0.39 is 0 Å². The predicted octanol–water partition coefficient (Wildman–Crippen LogP) is 1.39. The zero-order valence-electron chi connectivity index (χ0n) is 8.79. The second-order valence-corrected chi connectivity index (χ2v) is 4.06. The smallest absolute Gasteiger partial charge is 0.217 e. The summed E-state index contributed by atoms with van der Waals surface area (Å²) in [5.41, 5.74) is 2.19. The van der Waals surface area contributed by atoms with Crippen LogP contribution in [0.15, 0.2) is 18.2 Å². The highest BCUT2D eigenvalue weighted by Gasteiger charge is 2.20. The van der Waals surface area contributed by atoms with E-state index in [4.69, 9.17) is 0 Å². The Bertz CT molecular complexity index is 387. The van der Waals surface area contributed by atoms with Crippen molar-refractivity contribution in [3.05, 3.63) is 29.3 Å². The number of hydrogen-bond acceptors (Lipinski definition) is 2. The third-order valence-corrected chi connectivity index (χ3v) is 2.86. The van der Waals surface area contributed by atoms with E-state index in [1.54, 1.807) is 6.07 Å². The first-order chi connectivity index (χ1) is 7.16. The molecular formula is C12H15NO2. The van der Waals surface area contributed by atoms with Crippen molar-refractivity contribution < 1.29 is 9.90 Å². The number of phenolic OH excluding ortho intramolecular Hbond substituents is 1. The van der Waals surface area contributed by atoms with Crippen LogP contribution in [0.4, 0.5) is 0 Å². The minimum Gasteiger partial charge on any atom is -0.508 e. The first-order valence-electron chi connectivity index (χ1n) is 5.23. The third kappa shape index (κ3) is 2.12. The van der Waals surface area contributed by atoms with Gasteiger partial charge in [0.05, 0.1) is 0 Å². The molecule has 80 valence electrons. The number of rotatable bonds is 1. The second kappa shape index (κ2) is 3.93. The van der Waals surface area contributed by atoms with Crippen molar-refractivity contribution >= 4 is 5.91 Å². The van der Waals surface area contributed by atoms with Gasteiger partial charge in [-0.3, -0.25) is 4.79 Å². The van der Waals surface area contributed by atoms with Gasteiger partial charge in [0.15, 0.2) is 0 Å². The van der Waals surface area contributed by atoms with Crippen LogP contribution in [-0.2, 0) is 17.6 Å². The van der Waals surface area contributed by atoms with E-state index in [9.17, 15) is 9.90 Å². The van der Waals surface area contributed by atoms with E-state index in [0.29, 0.717) is 5.75 Å². The zero-order chi connectivity index (χ0) is 10.8. The Labute approximate surface area is 89.1 Å². The molecule has 3 nitrogen and oxygen atoms in total. The largest absolute Gasteiger partial charge is 0.508 e. The predicted molar refractivity (Wildman–Crippen MR) is 57.7 cm³/mol. The molecule has 2 rings (SSSR count). The van der Waals surface area contributed by atoms with Crippen LogP contribution in [0.1, 0.15) is 24.5 Å². The number of phenols is 1. The average molecular weight is 205 g/mol. The molecule has 0 heterocycles. The Morgan fingerprint density at radius 2 is 2.33 bits per heavy atom. The summed E-state index contributed by atoms with van der Waals surface area (Å²) in [6.45, 7) is 1.54. The van der Waals surface area contributed by atoms with Crippen LogP contribution >= 0.6 is 0 Å². The number of carbonyl (C=O) groups excluding carboxylic acids is 1. The summed E-state index contributed by atoms with van der Waals surface area (Å²) < 4.78 is 0. The Hall–Kier alpha value is -1.51. The Morgan fingerprint density at radius 1 is 1.53 bits per heavy atom. The minimum atomic E-state index is 0.0172. The van der Waals surface area contributed by atoms with Gasteiger partial charge in [-0.15, -0.1) is 0 Å². The zero-order valence-corrected chi connectivity index (χ0v) is 8.79. The molecule has 0 spiro atoms. The van der Waals surface area contributed by atoms with Crippen molar-refractivity contribution in [3.63, 3.8) is 0 Å². The highest BCUT2D eigenvalue weighted by Crippen LogP contribution is 2.28. The lowest BCUT2D eigenvalue weighted by Crippen LogP contribution is -2.37. The van der Waals surface area contributed by atoms with Crippen LogP contribution in [0, 0.1) is 0 Å². The number of aromatic hydroxyl groups is 1. The van der Waals surface area contributed by atoms with Gasteiger partial charge in [0.25, 0.3) is 0 Å². The van der Waals surface area contributed by atoms with Gasteiger partial charge in [0.2, 0.25) is 5.91 Å². The fourth-order valence-corrected chi connectivity index (χ4v) is 2.20. The lowest BCUT2D eigenvalue weighted by molar-refractivity contribution is -0.119. The van der Waals surface area contributed by atoms with Gasteiger partial charge in [0.1, 0.15) is 5.75 Å². The summed E-state index contributed by atoms with van der Waals surface area (Å²) in [5.74, 6) is 0.400. The second-order valence-electron chi connectivity index (χ2n) is 4.06. The summed E-state index contributed by atoms with van der Waals surface area (Å²) in [5, 5.41) is 12.6. The molecule has 0 radical (unpaired) electrons. The molecule has 0 fully saturated rings. The molecule has 1 aromatic carbocycles. The molecule has 3 heteroatoms. The molecule has 2 N–H and O–H groups in total. The maximum absolute atomic E-state index is 10.9. The molecule has 0 saturated heterocycles. The lowest BCUT2D eigenvalue weighted by atomic mass is 9.88. The van der Waals surface area contributed by atoms with Gasteiger partial charge < -0.3 is 10.4 Å². The normalized spacial score (nSPS) is 19.4. The quantitative estimate of drug-likeness (QED) is 0.727. The maximum Gasteiger partial charge on any atom is 0.217 e.